The lowest BCUT2D eigenvalue weighted by Crippen LogP contribution is -2.27. The predicted molar refractivity (Wildman–Crippen MR) is 92.1 cm³/mol. The molecule has 1 amide bonds. The second-order valence-corrected chi connectivity index (χ2v) is 6.71. The highest BCUT2D eigenvalue weighted by Gasteiger charge is 2.34. The average molecular weight is 354 g/mol. The molecule has 2 aromatic carbocycles. The van der Waals surface area contributed by atoms with Crippen molar-refractivity contribution in [3.05, 3.63) is 58.1 Å². The molecule has 2 aromatic rings. The summed E-state index contributed by atoms with van der Waals surface area (Å²) in [4.78, 5) is 14.0. The molecule has 114 valence electrons. The number of halogens is 2. The first kappa shape index (κ1) is 15.5. The number of anilines is 1. The molecule has 0 unspecified atom stereocenters. The van der Waals surface area contributed by atoms with Crippen LogP contribution >= 0.6 is 35.0 Å². The summed E-state index contributed by atoms with van der Waals surface area (Å²) in [5, 5.41) is 1.08. The third-order valence-electron chi connectivity index (χ3n) is 3.43. The minimum absolute atomic E-state index is 0.0734. The first-order valence-electron chi connectivity index (χ1n) is 6.63. The molecule has 0 radical (unpaired) electrons. The maximum atomic E-state index is 12.3. The fourth-order valence-corrected chi connectivity index (χ4v) is 3.95. The molecule has 0 saturated carbocycles. The second-order valence-electron chi connectivity index (χ2n) is 4.80. The zero-order chi connectivity index (χ0) is 15.7. The van der Waals surface area contributed by atoms with Crippen LogP contribution in [-0.2, 0) is 4.79 Å². The summed E-state index contributed by atoms with van der Waals surface area (Å²) < 4.78 is 5.17. The summed E-state index contributed by atoms with van der Waals surface area (Å²) in [6.07, 6.45) is 0. The van der Waals surface area contributed by atoms with Gasteiger partial charge >= 0.3 is 0 Å². The van der Waals surface area contributed by atoms with Gasteiger partial charge < -0.3 is 4.74 Å². The molecule has 1 fully saturated rings. The summed E-state index contributed by atoms with van der Waals surface area (Å²) in [6.45, 7) is 0. The number of carbonyl (C=O) groups is 1. The highest BCUT2D eigenvalue weighted by atomic mass is 35.5. The van der Waals surface area contributed by atoms with Crippen molar-refractivity contribution in [2.24, 2.45) is 0 Å². The quantitative estimate of drug-likeness (QED) is 0.794. The highest BCUT2D eigenvalue weighted by molar-refractivity contribution is 8.00. The van der Waals surface area contributed by atoms with Crippen molar-refractivity contribution in [3.63, 3.8) is 0 Å². The summed E-state index contributed by atoms with van der Waals surface area (Å²) in [5.74, 6) is 1.14. The summed E-state index contributed by atoms with van der Waals surface area (Å²) in [6, 6.07) is 12.9. The molecule has 0 spiro atoms. The fourth-order valence-electron chi connectivity index (χ4n) is 2.39. The monoisotopic (exact) mass is 353 g/mol. The van der Waals surface area contributed by atoms with Crippen molar-refractivity contribution in [1.29, 1.82) is 0 Å². The van der Waals surface area contributed by atoms with Gasteiger partial charge in [-0.25, -0.2) is 0 Å². The van der Waals surface area contributed by atoms with E-state index in [2.05, 4.69) is 0 Å². The van der Waals surface area contributed by atoms with Gasteiger partial charge in [-0.1, -0.05) is 29.3 Å². The van der Waals surface area contributed by atoms with Crippen molar-refractivity contribution in [3.8, 4) is 5.75 Å². The van der Waals surface area contributed by atoms with Gasteiger partial charge in [0, 0.05) is 10.7 Å². The molecular formula is C16H13Cl2NO2S. The SMILES string of the molecule is COc1ccc([C@@H]2SCC(=O)N2c2ccc(Cl)cc2)cc1Cl. The van der Waals surface area contributed by atoms with E-state index in [1.54, 1.807) is 35.9 Å². The first-order valence-corrected chi connectivity index (χ1v) is 8.43. The minimum Gasteiger partial charge on any atom is -0.495 e. The topological polar surface area (TPSA) is 29.5 Å². The Kier molecular flexibility index (Phi) is 4.52. The van der Waals surface area contributed by atoms with Crippen LogP contribution in [0.4, 0.5) is 5.69 Å². The molecule has 1 heterocycles. The lowest BCUT2D eigenvalue weighted by atomic mass is 10.1. The Balaban J connectivity index is 1.96. The predicted octanol–water partition coefficient (Wildman–Crippen LogP) is 4.78. The number of amides is 1. The van der Waals surface area contributed by atoms with Crippen LogP contribution in [0.25, 0.3) is 0 Å². The van der Waals surface area contributed by atoms with E-state index < -0.39 is 0 Å². The number of nitrogens with zero attached hydrogens (tertiary/aromatic N) is 1. The molecule has 1 saturated heterocycles. The first-order chi connectivity index (χ1) is 10.6. The van der Waals surface area contributed by atoms with Gasteiger partial charge in [-0.15, -0.1) is 11.8 Å². The third-order valence-corrected chi connectivity index (χ3v) is 5.19. The number of benzene rings is 2. The summed E-state index contributed by atoms with van der Waals surface area (Å²) >= 11 is 13.7. The maximum absolute atomic E-state index is 12.3. The fraction of sp³-hybridized carbons (Fsp3) is 0.188. The molecule has 0 bridgehead atoms. The number of thioether (sulfide) groups is 1. The Labute approximate surface area is 143 Å². The molecule has 6 heteroatoms. The number of rotatable bonds is 3. The Bertz CT molecular complexity index is 706. The Morgan fingerprint density at radius 3 is 2.55 bits per heavy atom. The van der Waals surface area contributed by atoms with Gasteiger partial charge in [0.2, 0.25) is 5.91 Å². The van der Waals surface area contributed by atoms with Crippen LogP contribution in [0.15, 0.2) is 42.5 Å². The minimum atomic E-state index is -0.0999. The van der Waals surface area contributed by atoms with Gasteiger partial charge in [-0.05, 0) is 42.0 Å². The van der Waals surface area contributed by atoms with Crippen LogP contribution in [0.2, 0.25) is 10.0 Å². The average Bonchev–Trinajstić information content (AvgIpc) is 2.90. The van der Waals surface area contributed by atoms with E-state index in [1.165, 1.54) is 0 Å². The molecule has 0 N–H and O–H groups in total. The van der Waals surface area contributed by atoms with Crippen LogP contribution in [0.1, 0.15) is 10.9 Å². The van der Waals surface area contributed by atoms with Gasteiger partial charge in [0.05, 0.1) is 17.9 Å². The van der Waals surface area contributed by atoms with E-state index in [0.717, 1.165) is 11.3 Å². The van der Waals surface area contributed by atoms with Crippen molar-refractivity contribution in [1.82, 2.24) is 0 Å². The van der Waals surface area contributed by atoms with Crippen molar-refractivity contribution < 1.29 is 9.53 Å². The Morgan fingerprint density at radius 1 is 1.18 bits per heavy atom. The molecule has 22 heavy (non-hydrogen) atoms. The van der Waals surface area contributed by atoms with Crippen LogP contribution in [-0.4, -0.2) is 18.8 Å². The number of methoxy groups -OCH3 is 1. The standard InChI is InChI=1S/C16H13Cl2NO2S/c1-21-14-7-2-10(8-13(14)18)16-19(15(20)9-22-16)12-5-3-11(17)4-6-12/h2-8,16H,9H2,1H3/t16-/m0/s1. The van der Waals surface area contributed by atoms with E-state index >= 15 is 0 Å². The summed E-state index contributed by atoms with van der Waals surface area (Å²) in [7, 11) is 1.58. The van der Waals surface area contributed by atoms with Gasteiger partial charge in [0.25, 0.3) is 0 Å². The van der Waals surface area contributed by atoms with Gasteiger partial charge in [-0.3, -0.25) is 9.69 Å². The lowest BCUT2D eigenvalue weighted by Gasteiger charge is -2.24. The van der Waals surface area contributed by atoms with Crippen molar-refractivity contribution in [2.75, 3.05) is 17.8 Å². The van der Waals surface area contributed by atoms with E-state index in [0.29, 0.717) is 21.5 Å². The number of hydrogen-bond acceptors (Lipinski definition) is 3. The second kappa shape index (κ2) is 6.41. The number of hydrogen-bond donors (Lipinski definition) is 0. The highest BCUT2D eigenvalue weighted by Crippen LogP contribution is 2.43. The summed E-state index contributed by atoms with van der Waals surface area (Å²) in [5.41, 5.74) is 1.80. The Hall–Kier alpha value is -1.36. The third kappa shape index (κ3) is 2.91. The van der Waals surface area contributed by atoms with Crippen molar-refractivity contribution >= 4 is 46.6 Å². The van der Waals surface area contributed by atoms with E-state index in [4.69, 9.17) is 27.9 Å². The number of carbonyl (C=O) groups excluding carboxylic acids is 1. The molecule has 0 aromatic heterocycles. The smallest absolute Gasteiger partial charge is 0.238 e. The van der Waals surface area contributed by atoms with Crippen LogP contribution < -0.4 is 9.64 Å². The largest absolute Gasteiger partial charge is 0.495 e. The van der Waals surface area contributed by atoms with E-state index in [-0.39, 0.29) is 11.3 Å². The Morgan fingerprint density at radius 2 is 1.91 bits per heavy atom. The van der Waals surface area contributed by atoms with Gasteiger partial charge in [0.15, 0.2) is 0 Å². The molecule has 3 rings (SSSR count). The normalized spacial score (nSPS) is 17.9. The zero-order valence-corrected chi connectivity index (χ0v) is 14.1. The number of ether oxygens (including phenoxy) is 1. The van der Waals surface area contributed by atoms with Crippen molar-refractivity contribution in [2.45, 2.75) is 5.37 Å². The van der Waals surface area contributed by atoms with Crippen LogP contribution in [0.3, 0.4) is 0 Å². The molecule has 0 aliphatic carbocycles. The molecule has 1 aliphatic rings. The molecular weight excluding hydrogens is 341 g/mol. The molecule has 1 aliphatic heterocycles. The van der Waals surface area contributed by atoms with Gasteiger partial charge in [-0.2, -0.15) is 0 Å². The lowest BCUT2D eigenvalue weighted by molar-refractivity contribution is -0.115. The van der Waals surface area contributed by atoms with Crippen LogP contribution in [0.5, 0.6) is 5.75 Å². The molecule has 1 atom stereocenters. The zero-order valence-electron chi connectivity index (χ0n) is 11.8. The van der Waals surface area contributed by atoms with Gasteiger partial charge in [0.1, 0.15) is 11.1 Å². The molecule has 3 nitrogen and oxygen atoms in total. The maximum Gasteiger partial charge on any atom is 0.238 e. The van der Waals surface area contributed by atoms with E-state index in [9.17, 15) is 4.79 Å². The van der Waals surface area contributed by atoms with E-state index in [1.807, 2.05) is 30.3 Å². The van der Waals surface area contributed by atoms with Crippen LogP contribution in [0, 0.1) is 0 Å².